The van der Waals surface area contributed by atoms with Crippen molar-refractivity contribution in [3.05, 3.63) is 36.0 Å². The maximum Gasteiger partial charge on any atom is 0.329 e. The van der Waals surface area contributed by atoms with Crippen LogP contribution < -0.4 is 0 Å². The molecule has 1 aliphatic heterocycles. The number of para-hydroxylation sites is 1. The van der Waals surface area contributed by atoms with Gasteiger partial charge in [0.25, 0.3) is 0 Å². The molecule has 1 fully saturated rings. The number of aromatic nitrogens is 1. The van der Waals surface area contributed by atoms with Crippen LogP contribution in [0.3, 0.4) is 0 Å². The van der Waals surface area contributed by atoms with Crippen molar-refractivity contribution >= 4 is 28.7 Å². The van der Waals surface area contributed by atoms with Gasteiger partial charge in [-0.1, -0.05) is 18.2 Å². The first kappa shape index (κ1) is 16.2. The zero-order valence-electron chi connectivity index (χ0n) is 13.6. The third-order valence-electron chi connectivity index (χ3n) is 4.28. The Morgan fingerprint density at radius 1 is 1.25 bits per heavy atom. The van der Waals surface area contributed by atoms with Crippen LogP contribution in [0.1, 0.15) is 31.7 Å². The van der Waals surface area contributed by atoms with Gasteiger partial charge >= 0.3 is 5.97 Å². The fourth-order valence-electron chi connectivity index (χ4n) is 3.15. The molecule has 0 bridgehead atoms. The standard InChI is InChI=1S/C18H20N2O4/c1-2-24-18(23)15(20-16(21)8-5-9-17(20)22)10-12-11-19-14-7-4-3-6-13(12)14/h3-4,6-7,11,15,19H,2,5,8-10H2,1H3. The maximum absolute atomic E-state index is 12.4. The van der Waals surface area contributed by atoms with E-state index in [0.717, 1.165) is 21.4 Å². The quantitative estimate of drug-likeness (QED) is 0.674. The molecule has 1 unspecified atom stereocenters. The lowest BCUT2D eigenvalue weighted by Gasteiger charge is -2.31. The first-order chi connectivity index (χ1) is 11.6. The number of ether oxygens (including phenoxy) is 1. The number of hydrogen-bond donors (Lipinski definition) is 1. The van der Waals surface area contributed by atoms with Crippen molar-refractivity contribution in [2.75, 3.05) is 6.61 Å². The van der Waals surface area contributed by atoms with Crippen molar-refractivity contribution in [2.45, 2.75) is 38.6 Å². The number of amides is 2. The second-order valence-corrected chi connectivity index (χ2v) is 5.84. The number of benzene rings is 1. The molecule has 24 heavy (non-hydrogen) atoms. The van der Waals surface area contributed by atoms with E-state index in [1.165, 1.54) is 0 Å². The second kappa shape index (κ2) is 6.86. The summed E-state index contributed by atoms with van der Waals surface area (Å²) in [6.07, 6.45) is 3.18. The number of piperidine rings is 1. The van der Waals surface area contributed by atoms with E-state index >= 15 is 0 Å². The van der Waals surface area contributed by atoms with E-state index in [4.69, 9.17) is 4.74 Å². The predicted octanol–water partition coefficient (Wildman–Crippen LogP) is 2.18. The highest BCUT2D eigenvalue weighted by atomic mass is 16.5. The lowest BCUT2D eigenvalue weighted by atomic mass is 10.00. The Balaban J connectivity index is 1.94. The smallest absolute Gasteiger partial charge is 0.329 e. The predicted molar refractivity (Wildman–Crippen MR) is 88.1 cm³/mol. The van der Waals surface area contributed by atoms with E-state index in [0.29, 0.717) is 6.42 Å². The number of hydrogen-bond acceptors (Lipinski definition) is 4. The van der Waals surface area contributed by atoms with Crippen molar-refractivity contribution in [1.29, 1.82) is 0 Å². The summed E-state index contributed by atoms with van der Waals surface area (Å²) in [4.78, 5) is 41.1. The van der Waals surface area contributed by atoms with Gasteiger partial charge in [0, 0.05) is 36.4 Å². The SMILES string of the molecule is CCOC(=O)C(Cc1c[nH]c2ccccc12)N1C(=O)CCCC1=O. The summed E-state index contributed by atoms with van der Waals surface area (Å²) < 4.78 is 5.12. The number of H-pyrrole nitrogens is 1. The molecule has 0 saturated carbocycles. The van der Waals surface area contributed by atoms with Gasteiger partial charge in [0.2, 0.25) is 11.8 Å². The lowest BCUT2D eigenvalue weighted by Crippen LogP contribution is -2.52. The van der Waals surface area contributed by atoms with E-state index in [-0.39, 0.29) is 37.7 Å². The molecule has 1 atom stereocenters. The molecule has 1 aliphatic rings. The van der Waals surface area contributed by atoms with Gasteiger partial charge in [-0.05, 0) is 25.0 Å². The van der Waals surface area contributed by atoms with Gasteiger partial charge in [-0.15, -0.1) is 0 Å². The van der Waals surface area contributed by atoms with E-state index in [1.54, 1.807) is 6.92 Å². The Hall–Kier alpha value is -2.63. The number of nitrogens with one attached hydrogen (secondary N) is 1. The maximum atomic E-state index is 12.4. The molecular formula is C18H20N2O4. The van der Waals surface area contributed by atoms with E-state index in [2.05, 4.69) is 4.98 Å². The van der Waals surface area contributed by atoms with Crippen LogP contribution in [0.2, 0.25) is 0 Å². The average Bonchev–Trinajstić information content (AvgIpc) is 2.97. The van der Waals surface area contributed by atoms with Gasteiger partial charge in [-0.2, -0.15) is 0 Å². The number of nitrogens with zero attached hydrogens (tertiary/aromatic N) is 1. The molecule has 1 aromatic carbocycles. The van der Waals surface area contributed by atoms with Gasteiger partial charge in [0.15, 0.2) is 0 Å². The van der Waals surface area contributed by atoms with Crippen LogP contribution in [0.5, 0.6) is 0 Å². The van der Waals surface area contributed by atoms with E-state index in [1.807, 2.05) is 30.5 Å². The zero-order chi connectivity index (χ0) is 17.1. The minimum Gasteiger partial charge on any atom is -0.464 e. The molecule has 126 valence electrons. The molecule has 1 saturated heterocycles. The van der Waals surface area contributed by atoms with Crippen molar-refractivity contribution in [1.82, 2.24) is 9.88 Å². The third-order valence-corrected chi connectivity index (χ3v) is 4.28. The number of imide groups is 1. The van der Waals surface area contributed by atoms with Crippen molar-refractivity contribution in [3.8, 4) is 0 Å². The molecule has 6 nitrogen and oxygen atoms in total. The van der Waals surface area contributed by atoms with Gasteiger partial charge in [0.05, 0.1) is 6.61 Å². The Morgan fingerprint density at radius 2 is 1.96 bits per heavy atom. The summed E-state index contributed by atoms with van der Waals surface area (Å²) in [5.74, 6) is -1.14. The zero-order valence-corrected chi connectivity index (χ0v) is 13.6. The highest BCUT2D eigenvalue weighted by molar-refractivity contribution is 6.01. The summed E-state index contributed by atoms with van der Waals surface area (Å²) in [7, 11) is 0. The first-order valence-electron chi connectivity index (χ1n) is 8.18. The average molecular weight is 328 g/mol. The second-order valence-electron chi connectivity index (χ2n) is 5.84. The molecule has 0 aliphatic carbocycles. The fourth-order valence-corrected chi connectivity index (χ4v) is 3.15. The van der Waals surface area contributed by atoms with Crippen LogP contribution in [-0.2, 0) is 25.5 Å². The number of esters is 1. The molecule has 0 radical (unpaired) electrons. The molecular weight excluding hydrogens is 308 g/mol. The fraction of sp³-hybridized carbons (Fsp3) is 0.389. The molecule has 2 heterocycles. The van der Waals surface area contributed by atoms with Gasteiger partial charge < -0.3 is 9.72 Å². The molecule has 2 aromatic rings. The molecule has 2 amide bonds. The first-order valence-corrected chi connectivity index (χ1v) is 8.18. The number of likely N-dealkylation sites (tertiary alicyclic amines) is 1. The Bertz CT molecular complexity index is 764. The summed E-state index contributed by atoms with van der Waals surface area (Å²) in [5.41, 5.74) is 1.83. The van der Waals surface area contributed by atoms with Gasteiger partial charge in [-0.3, -0.25) is 14.5 Å². The largest absolute Gasteiger partial charge is 0.464 e. The minimum atomic E-state index is -0.913. The Kier molecular flexibility index (Phi) is 4.64. The normalized spacial score (nSPS) is 16.5. The molecule has 1 N–H and O–H groups in total. The van der Waals surface area contributed by atoms with Crippen LogP contribution in [-0.4, -0.2) is 40.3 Å². The summed E-state index contributed by atoms with van der Waals surface area (Å²) in [5, 5.41) is 0.976. The van der Waals surface area contributed by atoms with Crippen molar-refractivity contribution in [2.24, 2.45) is 0 Å². The highest BCUT2D eigenvalue weighted by Crippen LogP contribution is 2.24. The molecule has 1 aromatic heterocycles. The monoisotopic (exact) mass is 328 g/mol. The summed E-state index contributed by atoms with van der Waals surface area (Å²) in [6.45, 7) is 1.92. The molecule has 3 rings (SSSR count). The van der Waals surface area contributed by atoms with Crippen LogP contribution in [0.4, 0.5) is 0 Å². The van der Waals surface area contributed by atoms with Crippen molar-refractivity contribution < 1.29 is 19.1 Å². The van der Waals surface area contributed by atoms with E-state index < -0.39 is 12.0 Å². The number of rotatable bonds is 5. The summed E-state index contributed by atoms with van der Waals surface area (Å²) >= 11 is 0. The number of fused-ring (bicyclic) bond motifs is 1. The van der Waals surface area contributed by atoms with Gasteiger partial charge in [0.1, 0.15) is 6.04 Å². The number of carbonyl (C=O) groups excluding carboxylic acids is 3. The van der Waals surface area contributed by atoms with E-state index in [9.17, 15) is 14.4 Å². The third kappa shape index (κ3) is 3.04. The number of aromatic amines is 1. The van der Waals surface area contributed by atoms with Crippen molar-refractivity contribution in [3.63, 3.8) is 0 Å². The minimum absolute atomic E-state index is 0.208. The lowest BCUT2D eigenvalue weighted by molar-refractivity contribution is -0.163. The van der Waals surface area contributed by atoms with Crippen LogP contribution in [0.15, 0.2) is 30.5 Å². The Morgan fingerprint density at radius 3 is 2.67 bits per heavy atom. The Labute approximate surface area is 139 Å². The summed E-state index contributed by atoms with van der Waals surface area (Å²) in [6, 6.07) is 6.81. The topological polar surface area (TPSA) is 79.5 Å². The highest BCUT2D eigenvalue weighted by Gasteiger charge is 2.37. The molecule has 0 spiro atoms. The molecule has 6 heteroatoms. The van der Waals surface area contributed by atoms with Crippen LogP contribution in [0.25, 0.3) is 10.9 Å². The van der Waals surface area contributed by atoms with Crippen LogP contribution in [0, 0.1) is 0 Å². The van der Waals surface area contributed by atoms with Gasteiger partial charge in [-0.25, -0.2) is 4.79 Å². The number of carbonyl (C=O) groups is 3. The van der Waals surface area contributed by atoms with Crippen LogP contribution >= 0.6 is 0 Å².